The van der Waals surface area contributed by atoms with Gasteiger partial charge in [0.2, 0.25) is 0 Å². The molecule has 1 saturated heterocycles. The molecule has 7 nitrogen and oxygen atoms in total. The quantitative estimate of drug-likeness (QED) is 0.904. The largest absolute Gasteiger partial charge is 0.338 e. The number of H-pyrrole nitrogens is 1. The molecular formula is C19H25N5O2. The maximum absolute atomic E-state index is 12.9. The van der Waals surface area contributed by atoms with Gasteiger partial charge in [-0.1, -0.05) is 0 Å². The number of aromatic nitrogens is 4. The van der Waals surface area contributed by atoms with Gasteiger partial charge >= 0.3 is 0 Å². The van der Waals surface area contributed by atoms with Gasteiger partial charge in [0.1, 0.15) is 17.7 Å². The van der Waals surface area contributed by atoms with Gasteiger partial charge in [0.05, 0.1) is 0 Å². The van der Waals surface area contributed by atoms with Crippen LogP contribution in [0.5, 0.6) is 0 Å². The third kappa shape index (κ3) is 3.30. The molecule has 0 bridgehead atoms. The standard InChI is InChI=1S/C19H25N5O2/c1-23-12-20-22-17(23)10-13-6-8-24(9-7-13)19(26)15-11-14-4-2-3-5-16(14)21-18(15)25/h11-13H,2-10H2,1H3,(H,21,25). The summed E-state index contributed by atoms with van der Waals surface area (Å²) >= 11 is 0. The van der Waals surface area contributed by atoms with Gasteiger partial charge in [-0.2, -0.15) is 0 Å². The number of hydrogen-bond donors (Lipinski definition) is 1. The van der Waals surface area contributed by atoms with E-state index in [0.29, 0.717) is 24.6 Å². The second kappa shape index (κ2) is 7.05. The van der Waals surface area contributed by atoms with Crippen LogP contribution in [0.4, 0.5) is 0 Å². The Labute approximate surface area is 152 Å². The van der Waals surface area contributed by atoms with Crippen LogP contribution >= 0.6 is 0 Å². The van der Waals surface area contributed by atoms with Crippen LogP contribution in [0, 0.1) is 5.92 Å². The van der Waals surface area contributed by atoms with E-state index in [1.165, 1.54) is 0 Å². The SMILES string of the molecule is Cn1cnnc1CC1CCN(C(=O)c2cc3c([nH]c2=O)CCCC3)CC1. The summed E-state index contributed by atoms with van der Waals surface area (Å²) in [5.41, 5.74) is 2.21. The molecule has 1 aliphatic heterocycles. The third-order valence-corrected chi connectivity index (χ3v) is 5.75. The van der Waals surface area contributed by atoms with Gasteiger partial charge in [0.25, 0.3) is 11.5 Å². The van der Waals surface area contributed by atoms with Crippen LogP contribution in [-0.2, 0) is 26.3 Å². The molecule has 0 aromatic carbocycles. The number of nitrogens with one attached hydrogen (secondary N) is 1. The van der Waals surface area contributed by atoms with Gasteiger partial charge < -0.3 is 14.5 Å². The Bertz CT molecular complexity index is 861. The van der Waals surface area contributed by atoms with E-state index in [0.717, 1.165) is 62.0 Å². The fourth-order valence-electron chi connectivity index (χ4n) is 4.09. The van der Waals surface area contributed by atoms with Gasteiger partial charge in [-0.3, -0.25) is 9.59 Å². The van der Waals surface area contributed by atoms with Crippen molar-refractivity contribution in [2.45, 2.75) is 44.9 Å². The molecule has 1 N–H and O–H groups in total. The molecule has 0 unspecified atom stereocenters. The van der Waals surface area contributed by atoms with Gasteiger partial charge in [-0.15, -0.1) is 10.2 Å². The summed E-state index contributed by atoms with van der Waals surface area (Å²) in [5, 5.41) is 8.08. The predicted molar refractivity (Wildman–Crippen MR) is 97.0 cm³/mol. The normalized spacial score (nSPS) is 18.0. The van der Waals surface area contributed by atoms with Gasteiger partial charge in [-0.25, -0.2) is 0 Å². The number of pyridine rings is 1. The van der Waals surface area contributed by atoms with Crippen molar-refractivity contribution in [3.8, 4) is 0 Å². The summed E-state index contributed by atoms with van der Waals surface area (Å²) in [5.74, 6) is 1.36. The van der Waals surface area contributed by atoms with Crippen LogP contribution in [-0.4, -0.2) is 43.6 Å². The molecule has 1 aliphatic carbocycles. The highest BCUT2D eigenvalue weighted by Crippen LogP contribution is 2.23. The molecule has 0 spiro atoms. The Morgan fingerprint density at radius 2 is 2.04 bits per heavy atom. The van der Waals surface area contributed by atoms with Crippen LogP contribution in [0.2, 0.25) is 0 Å². The molecule has 138 valence electrons. The smallest absolute Gasteiger partial charge is 0.261 e. The number of fused-ring (bicyclic) bond motifs is 1. The molecule has 26 heavy (non-hydrogen) atoms. The van der Waals surface area contributed by atoms with Crippen molar-refractivity contribution in [3.63, 3.8) is 0 Å². The molecule has 3 heterocycles. The fraction of sp³-hybridized carbons (Fsp3) is 0.579. The van der Waals surface area contributed by atoms with E-state index in [-0.39, 0.29) is 11.5 Å². The molecule has 7 heteroatoms. The average molecular weight is 355 g/mol. The highest BCUT2D eigenvalue weighted by atomic mass is 16.2. The van der Waals surface area contributed by atoms with Crippen LogP contribution in [0.25, 0.3) is 0 Å². The molecular weight excluding hydrogens is 330 g/mol. The zero-order valence-corrected chi connectivity index (χ0v) is 15.2. The van der Waals surface area contributed by atoms with E-state index < -0.39 is 0 Å². The van der Waals surface area contributed by atoms with E-state index in [4.69, 9.17) is 0 Å². The number of aromatic amines is 1. The van der Waals surface area contributed by atoms with Crippen molar-refractivity contribution in [3.05, 3.63) is 45.4 Å². The molecule has 2 aromatic rings. The Kier molecular flexibility index (Phi) is 4.61. The third-order valence-electron chi connectivity index (χ3n) is 5.75. The van der Waals surface area contributed by atoms with Crippen molar-refractivity contribution in [1.82, 2.24) is 24.6 Å². The summed E-state index contributed by atoms with van der Waals surface area (Å²) in [6.07, 6.45) is 8.56. The lowest BCUT2D eigenvalue weighted by molar-refractivity contribution is 0.0687. The molecule has 1 fully saturated rings. The van der Waals surface area contributed by atoms with Crippen molar-refractivity contribution in [2.75, 3.05) is 13.1 Å². The topological polar surface area (TPSA) is 83.9 Å². The first kappa shape index (κ1) is 17.0. The molecule has 1 amide bonds. The molecule has 2 aromatic heterocycles. The van der Waals surface area contributed by atoms with Crippen LogP contribution in [0.1, 0.15) is 53.1 Å². The minimum atomic E-state index is -0.239. The molecule has 4 rings (SSSR count). The Balaban J connectivity index is 1.42. The number of nitrogens with zero attached hydrogens (tertiary/aromatic N) is 4. The van der Waals surface area contributed by atoms with Crippen molar-refractivity contribution < 1.29 is 4.79 Å². The second-order valence-corrected chi connectivity index (χ2v) is 7.52. The summed E-state index contributed by atoms with van der Waals surface area (Å²) in [6, 6.07) is 1.83. The Morgan fingerprint density at radius 3 is 2.77 bits per heavy atom. The highest BCUT2D eigenvalue weighted by molar-refractivity contribution is 5.94. The van der Waals surface area contributed by atoms with E-state index in [1.54, 1.807) is 6.33 Å². The number of aryl methyl sites for hydroxylation is 3. The summed E-state index contributed by atoms with van der Waals surface area (Å²) in [4.78, 5) is 30.0. The minimum Gasteiger partial charge on any atom is -0.338 e. The van der Waals surface area contributed by atoms with Crippen LogP contribution in [0.15, 0.2) is 17.2 Å². The molecule has 0 saturated carbocycles. The van der Waals surface area contributed by atoms with Crippen molar-refractivity contribution >= 4 is 5.91 Å². The number of rotatable bonds is 3. The lowest BCUT2D eigenvalue weighted by Crippen LogP contribution is -2.41. The molecule has 2 aliphatic rings. The first-order valence-electron chi connectivity index (χ1n) is 9.49. The fourth-order valence-corrected chi connectivity index (χ4v) is 4.09. The molecule has 0 radical (unpaired) electrons. The van der Waals surface area contributed by atoms with E-state index in [1.807, 2.05) is 22.6 Å². The first-order valence-corrected chi connectivity index (χ1v) is 9.49. The summed E-state index contributed by atoms with van der Waals surface area (Å²) in [6.45, 7) is 1.38. The molecule has 0 atom stereocenters. The zero-order valence-electron chi connectivity index (χ0n) is 15.2. The van der Waals surface area contributed by atoms with E-state index in [2.05, 4.69) is 15.2 Å². The Hall–Kier alpha value is -2.44. The van der Waals surface area contributed by atoms with Crippen LogP contribution < -0.4 is 5.56 Å². The van der Waals surface area contributed by atoms with Gasteiger partial charge in [0, 0.05) is 32.3 Å². The lowest BCUT2D eigenvalue weighted by atomic mass is 9.92. The average Bonchev–Trinajstić information content (AvgIpc) is 3.06. The zero-order chi connectivity index (χ0) is 18.1. The number of amides is 1. The maximum Gasteiger partial charge on any atom is 0.261 e. The lowest BCUT2D eigenvalue weighted by Gasteiger charge is -2.32. The number of hydrogen-bond acceptors (Lipinski definition) is 4. The van der Waals surface area contributed by atoms with Gasteiger partial charge in [-0.05, 0) is 56.1 Å². The highest BCUT2D eigenvalue weighted by Gasteiger charge is 2.27. The number of likely N-dealkylation sites (tertiary alicyclic amines) is 1. The predicted octanol–water partition coefficient (Wildman–Crippen LogP) is 1.48. The van der Waals surface area contributed by atoms with E-state index in [9.17, 15) is 9.59 Å². The summed E-state index contributed by atoms with van der Waals surface area (Å²) in [7, 11) is 1.95. The second-order valence-electron chi connectivity index (χ2n) is 7.52. The monoisotopic (exact) mass is 355 g/mol. The van der Waals surface area contributed by atoms with Gasteiger partial charge in [0.15, 0.2) is 0 Å². The Morgan fingerprint density at radius 1 is 1.27 bits per heavy atom. The van der Waals surface area contributed by atoms with E-state index >= 15 is 0 Å². The van der Waals surface area contributed by atoms with Crippen LogP contribution in [0.3, 0.4) is 0 Å². The number of carbonyl (C=O) groups is 1. The number of piperidine rings is 1. The maximum atomic E-state index is 12.9. The number of carbonyl (C=O) groups excluding carboxylic acids is 1. The van der Waals surface area contributed by atoms with Crippen molar-refractivity contribution in [2.24, 2.45) is 13.0 Å². The van der Waals surface area contributed by atoms with Crippen molar-refractivity contribution in [1.29, 1.82) is 0 Å². The summed E-state index contributed by atoms with van der Waals surface area (Å²) < 4.78 is 1.95. The minimum absolute atomic E-state index is 0.128. The first-order chi connectivity index (χ1) is 12.6.